The molecule has 24 heavy (non-hydrogen) atoms. The molecule has 0 spiro atoms. The molecule has 0 bridgehead atoms. The van der Waals surface area contributed by atoms with Gasteiger partial charge in [-0.3, -0.25) is 14.4 Å². The monoisotopic (exact) mass is 338 g/mol. The van der Waals surface area contributed by atoms with Crippen molar-refractivity contribution in [2.24, 2.45) is 0 Å². The van der Waals surface area contributed by atoms with Crippen LogP contribution < -0.4 is 5.56 Å². The van der Waals surface area contributed by atoms with Gasteiger partial charge in [-0.1, -0.05) is 0 Å². The van der Waals surface area contributed by atoms with E-state index in [0.717, 1.165) is 19.3 Å². The molecule has 1 aromatic rings. The molecule has 0 amide bonds. The lowest BCUT2D eigenvalue weighted by atomic mass is 9.97. The number of likely N-dealkylation sites (tertiary alicyclic amines) is 1. The first-order valence-corrected chi connectivity index (χ1v) is 7.84. The number of aryl methyl sites for hydroxylation is 2. The fourth-order valence-corrected chi connectivity index (χ4v) is 2.85. The highest BCUT2D eigenvalue weighted by molar-refractivity contribution is 6.27. The van der Waals surface area contributed by atoms with E-state index < -0.39 is 29.1 Å². The Kier molecular flexibility index (Phi) is 5.64. The molecule has 1 N–H and O–H groups in total. The van der Waals surface area contributed by atoms with Gasteiger partial charge in [-0.25, -0.2) is 8.78 Å². The van der Waals surface area contributed by atoms with Crippen molar-refractivity contribution in [3.05, 3.63) is 45.0 Å². The zero-order valence-corrected chi connectivity index (χ0v) is 13.7. The van der Waals surface area contributed by atoms with Crippen LogP contribution in [-0.2, 0) is 4.79 Å². The normalized spacial score (nSPS) is 15.7. The van der Waals surface area contributed by atoms with Crippen molar-refractivity contribution >= 4 is 11.6 Å². The highest BCUT2D eigenvalue weighted by Gasteiger charge is 2.30. The second-order valence-corrected chi connectivity index (χ2v) is 5.97. The van der Waals surface area contributed by atoms with Crippen LogP contribution in [-0.4, -0.2) is 41.0 Å². The predicted octanol–water partition coefficient (Wildman–Crippen LogP) is 2.38. The summed E-state index contributed by atoms with van der Waals surface area (Å²) in [4.78, 5) is 40.7. The number of Topliss-reactive ketones (excluding diaryl/α,β-unsaturated/α-hetero) is 2. The Hall–Kier alpha value is -2.31. The van der Waals surface area contributed by atoms with Gasteiger partial charge in [0.25, 0.3) is 5.56 Å². The van der Waals surface area contributed by atoms with Gasteiger partial charge >= 0.3 is 6.43 Å². The SMILES string of the molecule is Cc1cc(C)c(C(=O)/C(=C/N2CCCCC2)C(=O)C(F)F)c(=O)[nH]1. The Morgan fingerprint density at radius 2 is 1.83 bits per heavy atom. The molecular weight excluding hydrogens is 318 g/mol. The molecule has 5 nitrogen and oxygen atoms in total. The minimum Gasteiger partial charge on any atom is -0.377 e. The third-order valence-electron chi connectivity index (χ3n) is 4.00. The Morgan fingerprint density at radius 3 is 2.38 bits per heavy atom. The quantitative estimate of drug-likeness (QED) is 0.387. The molecule has 0 saturated carbocycles. The molecular formula is C17H20F2N2O3. The van der Waals surface area contributed by atoms with Gasteiger partial charge in [0.2, 0.25) is 11.6 Å². The van der Waals surface area contributed by atoms with E-state index in [4.69, 9.17) is 0 Å². The molecule has 2 rings (SSSR count). The van der Waals surface area contributed by atoms with E-state index >= 15 is 0 Å². The Morgan fingerprint density at radius 1 is 1.21 bits per heavy atom. The number of piperidine rings is 1. The molecule has 2 heterocycles. The number of carbonyl (C=O) groups is 2. The van der Waals surface area contributed by atoms with Crippen LogP contribution in [0, 0.1) is 13.8 Å². The summed E-state index contributed by atoms with van der Waals surface area (Å²) in [6, 6.07) is 1.57. The van der Waals surface area contributed by atoms with Crippen molar-refractivity contribution in [1.82, 2.24) is 9.88 Å². The molecule has 1 saturated heterocycles. The molecule has 0 radical (unpaired) electrons. The van der Waals surface area contributed by atoms with Gasteiger partial charge < -0.3 is 9.88 Å². The van der Waals surface area contributed by atoms with Crippen LogP contribution in [0.1, 0.15) is 40.9 Å². The van der Waals surface area contributed by atoms with Crippen LogP contribution in [0.2, 0.25) is 0 Å². The van der Waals surface area contributed by atoms with Crippen molar-refractivity contribution in [2.75, 3.05) is 13.1 Å². The smallest absolute Gasteiger partial charge is 0.300 e. The Labute approximate surface area is 138 Å². The molecule has 0 aromatic carbocycles. The fourth-order valence-electron chi connectivity index (χ4n) is 2.85. The number of H-pyrrole nitrogens is 1. The van der Waals surface area contributed by atoms with Gasteiger partial charge in [0.1, 0.15) is 0 Å². The second-order valence-electron chi connectivity index (χ2n) is 5.97. The summed E-state index contributed by atoms with van der Waals surface area (Å²) in [5, 5.41) is 0. The van der Waals surface area contributed by atoms with E-state index in [2.05, 4.69) is 4.98 Å². The zero-order valence-electron chi connectivity index (χ0n) is 13.7. The van der Waals surface area contributed by atoms with Crippen LogP contribution in [0.25, 0.3) is 0 Å². The molecule has 0 atom stereocenters. The van der Waals surface area contributed by atoms with E-state index in [1.54, 1.807) is 24.8 Å². The van der Waals surface area contributed by atoms with Crippen LogP contribution in [0.3, 0.4) is 0 Å². The first-order valence-electron chi connectivity index (χ1n) is 7.84. The van der Waals surface area contributed by atoms with Gasteiger partial charge in [-0.15, -0.1) is 0 Å². The average Bonchev–Trinajstić information content (AvgIpc) is 2.51. The van der Waals surface area contributed by atoms with Gasteiger partial charge in [-0.2, -0.15) is 0 Å². The van der Waals surface area contributed by atoms with Crippen LogP contribution in [0.5, 0.6) is 0 Å². The Balaban J connectivity index is 2.47. The highest BCUT2D eigenvalue weighted by atomic mass is 19.3. The lowest BCUT2D eigenvalue weighted by Crippen LogP contribution is -2.31. The summed E-state index contributed by atoms with van der Waals surface area (Å²) in [7, 11) is 0. The minimum absolute atomic E-state index is 0.266. The molecule has 0 aliphatic carbocycles. The lowest BCUT2D eigenvalue weighted by Gasteiger charge is -2.25. The number of carbonyl (C=O) groups excluding carboxylic acids is 2. The number of rotatable bonds is 5. The molecule has 0 unspecified atom stereocenters. The predicted molar refractivity (Wildman–Crippen MR) is 85.4 cm³/mol. The van der Waals surface area contributed by atoms with Crippen molar-refractivity contribution in [1.29, 1.82) is 0 Å². The van der Waals surface area contributed by atoms with Gasteiger partial charge in [-0.05, 0) is 44.7 Å². The minimum atomic E-state index is -3.30. The first-order chi connectivity index (χ1) is 11.3. The van der Waals surface area contributed by atoms with E-state index in [0.29, 0.717) is 24.3 Å². The van der Waals surface area contributed by atoms with Crippen LogP contribution in [0.4, 0.5) is 8.78 Å². The van der Waals surface area contributed by atoms with E-state index in [1.807, 2.05) is 0 Å². The number of nitrogens with zero attached hydrogens (tertiary/aromatic N) is 1. The van der Waals surface area contributed by atoms with Crippen molar-refractivity contribution < 1.29 is 18.4 Å². The summed E-state index contributed by atoms with van der Waals surface area (Å²) < 4.78 is 25.9. The number of halogens is 2. The molecule has 7 heteroatoms. The van der Waals surface area contributed by atoms with Crippen molar-refractivity contribution in [2.45, 2.75) is 39.5 Å². The topological polar surface area (TPSA) is 70.2 Å². The maximum Gasteiger partial charge on any atom is 0.300 e. The molecule has 1 fully saturated rings. The maximum atomic E-state index is 12.9. The number of aromatic nitrogens is 1. The summed E-state index contributed by atoms with van der Waals surface area (Å²) in [5.41, 5.74) is -0.671. The van der Waals surface area contributed by atoms with E-state index in [1.165, 1.54) is 6.20 Å². The average molecular weight is 338 g/mol. The summed E-state index contributed by atoms with van der Waals surface area (Å²) >= 11 is 0. The number of hydrogen-bond acceptors (Lipinski definition) is 4. The van der Waals surface area contributed by atoms with Gasteiger partial charge in [0.05, 0.1) is 11.1 Å². The third kappa shape index (κ3) is 3.96. The number of allylic oxidation sites excluding steroid dienone is 1. The van der Waals surface area contributed by atoms with Crippen LogP contribution >= 0.6 is 0 Å². The number of pyridine rings is 1. The number of hydrogen-bond donors (Lipinski definition) is 1. The first kappa shape index (κ1) is 18.0. The van der Waals surface area contributed by atoms with E-state index in [9.17, 15) is 23.2 Å². The molecule has 1 aliphatic heterocycles. The van der Waals surface area contributed by atoms with Gasteiger partial charge in [0, 0.05) is 25.0 Å². The molecule has 1 aromatic heterocycles. The number of alkyl halides is 2. The number of aromatic amines is 1. The number of ketones is 2. The largest absolute Gasteiger partial charge is 0.377 e. The van der Waals surface area contributed by atoms with Crippen LogP contribution in [0.15, 0.2) is 22.6 Å². The molecule has 1 aliphatic rings. The zero-order chi connectivity index (χ0) is 17.9. The van der Waals surface area contributed by atoms with Gasteiger partial charge in [0.15, 0.2) is 0 Å². The maximum absolute atomic E-state index is 12.9. The second kappa shape index (κ2) is 7.51. The standard InChI is InChI=1S/C17H20F2N2O3/c1-10-8-11(2)20-17(24)13(10)14(22)12(15(23)16(18)19)9-21-6-4-3-5-7-21/h8-9,16H,3-7H2,1-2H3,(H,20,24)/b12-9-. The van der Waals surface area contributed by atoms with Crippen molar-refractivity contribution in [3.8, 4) is 0 Å². The molecule has 130 valence electrons. The fraction of sp³-hybridized carbons (Fsp3) is 0.471. The van der Waals surface area contributed by atoms with Crippen molar-refractivity contribution in [3.63, 3.8) is 0 Å². The number of nitrogens with one attached hydrogen (secondary N) is 1. The third-order valence-corrected chi connectivity index (χ3v) is 4.00. The lowest BCUT2D eigenvalue weighted by molar-refractivity contribution is -0.125. The summed E-state index contributed by atoms with van der Waals surface area (Å²) in [5.74, 6) is -2.51. The Bertz CT molecular complexity index is 732. The highest BCUT2D eigenvalue weighted by Crippen LogP contribution is 2.17. The summed E-state index contributed by atoms with van der Waals surface area (Å²) in [6.07, 6.45) is 0.646. The summed E-state index contributed by atoms with van der Waals surface area (Å²) in [6.45, 7) is 4.38. The van der Waals surface area contributed by atoms with E-state index in [-0.39, 0.29) is 5.56 Å².